The molecule has 0 heterocycles. The van der Waals surface area contributed by atoms with E-state index in [-0.39, 0.29) is 0 Å². The van der Waals surface area contributed by atoms with Crippen LogP contribution in [-0.4, -0.2) is 15.3 Å². The Morgan fingerprint density at radius 3 is 2.58 bits per heavy atom. The Labute approximate surface area is 79.5 Å². The van der Waals surface area contributed by atoms with Crippen molar-refractivity contribution in [2.24, 2.45) is 0 Å². The zero-order valence-electron chi connectivity index (χ0n) is 7.00. The normalized spacial score (nSPS) is 13.5. The third-order valence-electron chi connectivity index (χ3n) is 1.53. The van der Waals surface area contributed by atoms with Crippen LogP contribution in [0.1, 0.15) is 5.56 Å². The van der Waals surface area contributed by atoms with Gasteiger partial charge in [0.2, 0.25) is 8.27 Å². The van der Waals surface area contributed by atoms with Gasteiger partial charge in [0.1, 0.15) is 0 Å². The van der Waals surface area contributed by atoms with Crippen LogP contribution in [0.4, 0.5) is 0 Å². The molecule has 0 radical (unpaired) electrons. The first-order valence-corrected chi connectivity index (χ1v) is 6.86. The standard InChI is InChI=1S/C9H12ClNSi/c1-11-12(10)8-7-9-5-3-2-4-6-9/h2-8,11-12H,1H3. The summed E-state index contributed by atoms with van der Waals surface area (Å²) in [7, 11) is 0.579. The van der Waals surface area contributed by atoms with Crippen molar-refractivity contribution in [1.82, 2.24) is 4.98 Å². The molecule has 64 valence electrons. The molecular formula is C9H12ClNSi. The van der Waals surface area contributed by atoms with Crippen LogP contribution in [0, 0.1) is 0 Å². The molecule has 0 aromatic heterocycles. The second-order valence-corrected chi connectivity index (χ2v) is 5.64. The Morgan fingerprint density at radius 1 is 1.33 bits per heavy atom. The molecule has 0 amide bonds. The van der Waals surface area contributed by atoms with Crippen molar-refractivity contribution in [3.8, 4) is 0 Å². The molecular weight excluding hydrogens is 186 g/mol. The largest absolute Gasteiger partial charge is 0.328 e. The molecule has 0 aliphatic carbocycles. The Balaban J connectivity index is 2.58. The van der Waals surface area contributed by atoms with Crippen LogP contribution in [0.2, 0.25) is 0 Å². The van der Waals surface area contributed by atoms with E-state index < -0.39 is 8.27 Å². The summed E-state index contributed by atoms with van der Waals surface area (Å²) in [6.07, 6.45) is 2.06. The zero-order valence-corrected chi connectivity index (χ0v) is 8.91. The highest BCUT2D eigenvalue weighted by molar-refractivity contribution is 7.08. The fourth-order valence-electron chi connectivity index (χ4n) is 0.856. The molecule has 1 rings (SSSR count). The van der Waals surface area contributed by atoms with Crippen LogP contribution >= 0.6 is 11.1 Å². The maximum Gasteiger partial charge on any atom is 0.234 e. The molecule has 0 aliphatic heterocycles. The maximum atomic E-state index is 5.96. The van der Waals surface area contributed by atoms with Gasteiger partial charge in [-0.05, 0) is 12.6 Å². The lowest BCUT2D eigenvalue weighted by molar-refractivity contribution is 1.25. The van der Waals surface area contributed by atoms with Gasteiger partial charge in [-0.25, -0.2) is 0 Å². The van der Waals surface area contributed by atoms with Crippen LogP contribution < -0.4 is 4.98 Å². The van der Waals surface area contributed by atoms with E-state index in [9.17, 15) is 0 Å². The summed E-state index contributed by atoms with van der Waals surface area (Å²) in [5, 5.41) is 0. The predicted octanol–water partition coefficient (Wildman–Crippen LogP) is 1.92. The summed E-state index contributed by atoms with van der Waals surface area (Å²) >= 11 is 5.96. The van der Waals surface area contributed by atoms with E-state index in [1.54, 1.807) is 0 Å². The van der Waals surface area contributed by atoms with Crippen molar-refractivity contribution in [3.05, 3.63) is 41.6 Å². The first-order chi connectivity index (χ1) is 5.83. The third kappa shape index (κ3) is 3.22. The average molecular weight is 198 g/mol. The van der Waals surface area contributed by atoms with Crippen LogP contribution in [0.15, 0.2) is 36.0 Å². The van der Waals surface area contributed by atoms with E-state index in [1.807, 2.05) is 25.2 Å². The first kappa shape index (κ1) is 9.51. The van der Waals surface area contributed by atoms with Crippen molar-refractivity contribution < 1.29 is 0 Å². The molecule has 0 fully saturated rings. The lowest BCUT2D eigenvalue weighted by Gasteiger charge is -1.96. The van der Waals surface area contributed by atoms with E-state index >= 15 is 0 Å². The van der Waals surface area contributed by atoms with E-state index in [0.29, 0.717) is 0 Å². The molecule has 0 bridgehead atoms. The van der Waals surface area contributed by atoms with Gasteiger partial charge in [0.15, 0.2) is 0 Å². The average Bonchev–Trinajstić information content (AvgIpc) is 2.16. The van der Waals surface area contributed by atoms with Gasteiger partial charge < -0.3 is 4.98 Å². The van der Waals surface area contributed by atoms with Crippen LogP contribution in [0.3, 0.4) is 0 Å². The number of hydrogen-bond donors (Lipinski definition) is 1. The Morgan fingerprint density at radius 2 is 2.00 bits per heavy atom. The Kier molecular flexibility index (Phi) is 4.08. The minimum Gasteiger partial charge on any atom is -0.328 e. The molecule has 1 N–H and O–H groups in total. The molecule has 0 aliphatic rings. The van der Waals surface area contributed by atoms with Crippen molar-refractivity contribution in [3.63, 3.8) is 0 Å². The molecule has 3 heteroatoms. The summed E-state index contributed by atoms with van der Waals surface area (Å²) in [4.78, 5) is 3.05. The van der Waals surface area contributed by atoms with Gasteiger partial charge in [0.25, 0.3) is 0 Å². The smallest absolute Gasteiger partial charge is 0.234 e. The van der Waals surface area contributed by atoms with Gasteiger partial charge in [-0.1, -0.05) is 42.1 Å². The highest BCUT2D eigenvalue weighted by atomic mass is 35.6. The van der Waals surface area contributed by atoms with Gasteiger partial charge >= 0.3 is 0 Å². The molecule has 1 aromatic rings. The molecule has 0 saturated carbocycles. The predicted molar refractivity (Wildman–Crippen MR) is 57.5 cm³/mol. The van der Waals surface area contributed by atoms with Crippen molar-refractivity contribution in [1.29, 1.82) is 0 Å². The Hall–Kier alpha value is -0.573. The molecule has 1 unspecified atom stereocenters. The maximum absolute atomic E-state index is 5.96. The number of halogens is 1. The summed E-state index contributed by atoms with van der Waals surface area (Å²) in [6.45, 7) is 0. The van der Waals surface area contributed by atoms with Gasteiger partial charge in [-0.3, -0.25) is 0 Å². The second kappa shape index (κ2) is 5.14. The van der Waals surface area contributed by atoms with E-state index in [0.717, 1.165) is 0 Å². The SMILES string of the molecule is CN[SiH](Cl)C=Cc1ccccc1. The highest BCUT2D eigenvalue weighted by Crippen LogP contribution is 2.01. The number of benzene rings is 1. The summed E-state index contributed by atoms with van der Waals surface area (Å²) < 4.78 is 0. The fourth-order valence-corrected chi connectivity index (χ4v) is 1.66. The van der Waals surface area contributed by atoms with Crippen molar-refractivity contribution in [2.75, 3.05) is 7.05 Å². The first-order valence-electron chi connectivity index (χ1n) is 3.87. The zero-order chi connectivity index (χ0) is 8.81. The van der Waals surface area contributed by atoms with Gasteiger partial charge in [-0.15, -0.1) is 11.1 Å². The molecule has 1 atom stereocenters. The lowest BCUT2D eigenvalue weighted by Crippen LogP contribution is -2.21. The molecule has 0 spiro atoms. The number of nitrogens with one attached hydrogen (secondary N) is 1. The fraction of sp³-hybridized carbons (Fsp3) is 0.111. The van der Waals surface area contributed by atoms with Gasteiger partial charge in [0, 0.05) is 0 Å². The van der Waals surface area contributed by atoms with E-state index in [1.165, 1.54) is 5.56 Å². The lowest BCUT2D eigenvalue weighted by atomic mass is 10.2. The van der Waals surface area contributed by atoms with Crippen molar-refractivity contribution in [2.45, 2.75) is 0 Å². The van der Waals surface area contributed by atoms with Crippen LogP contribution in [-0.2, 0) is 0 Å². The van der Waals surface area contributed by atoms with Crippen LogP contribution in [0.25, 0.3) is 6.08 Å². The summed E-state index contributed by atoms with van der Waals surface area (Å²) in [6, 6.07) is 10.2. The molecule has 1 aromatic carbocycles. The molecule has 12 heavy (non-hydrogen) atoms. The quantitative estimate of drug-likeness (QED) is 0.577. The Bertz CT molecular complexity index is 248. The van der Waals surface area contributed by atoms with Crippen molar-refractivity contribution >= 4 is 25.4 Å². The summed E-state index contributed by atoms with van der Waals surface area (Å²) in [5.41, 5.74) is 3.25. The highest BCUT2D eigenvalue weighted by Gasteiger charge is 1.94. The number of rotatable bonds is 3. The van der Waals surface area contributed by atoms with Crippen LogP contribution in [0.5, 0.6) is 0 Å². The van der Waals surface area contributed by atoms with Gasteiger partial charge in [0.05, 0.1) is 0 Å². The summed E-state index contributed by atoms with van der Waals surface area (Å²) in [5.74, 6) is 0. The second-order valence-electron chi connectivity index (χ2n) is 2.46. The molecule has 0 saturated heterocycles. The van der Waals surface area contributed by atoms with E-state index in [2.05, 4.69) is 28.9 Å². The topological polar surface area (TPSA) is 12.0 Å². The van der Waals surface area contributed by atoms with Gasteiger partial charge in [-0.2, -0.15) is 0 Å². The minimum atomic E-state index is -1.31. The monoisotopic (exact) mass is 197 g/mol. The third-order valence-corrected chi connectivity index (χ3v) is 3.71. The number of hydrogen-bond acceptors (Lipinski definition) is 1. The molecule has 1 nitrogen and oxygen atoms in total. The van der Waals surface area contributed by atoms with E-state index in [4.69, 9.17) is 11.1 Å². The minimum absolute atomic E-state index is 1.20.